The zero-order chi connectivity index (χ0) is 31.9. The van der Waals surface area contributed by atoms with E-state index in [-0.39, 0.29) is 46.6 Å². The summed E-state index contributed by atoms with van der Waals surface area (Å²) in [5.74, 6) is -4.35. The lowest BCUT2D eigenvalue weighted by Crippen LogP contribution is -2.55. The highest BCUT2D eigenvalue weighted by atomic mass is 16.7. The van der Waals surface area contributed by atoms with Crippen molar-refractivity contribution in [3.05, 3.63) is 51.6 Å². The van der Waals surface area contributed by atoms with Crippen molar-refractivity contribution in [1.82, 2.24) is 4.90 Å². The van der Waals surface area contributed by atoms with E-state index in [1.54, 1.807) is 0 Å². The average Bonchev–Trinajstić information content (AvgIpc) is 3.40. The van der Waals surface area contributed by atoms with Crippen molar-refractivity contribution in [2.45, 2.75) is 74.9 Å². The van der Waals surface area contributed by atoms with Crippen molar-refractivity contribution >= 4 is 17.5 Å². The van der Waals surface area contributed by atoms with Crippen LogP contribution in [0.15, 0.2) is 18.2 Å². The predicted octanol–water partition coefficient (Wildman–Crippen LogP) is 1.23. The second-order valence-corrected chi connectivity index (χ2v) is 12.0. The Morgan fingerprint density at radius 2 is 1.82 bits per heavy atom. The van der Waals surface area contributed by atoms with Crippen molar-refractivity contribution < 1.29 is 63.2 Å². The van der Waals surface area contributed by atoms with Gasteiger partial charge in [-0.15, -0.1) is 0 Å². The number of methoxy groups -OCH3 is 2. The number of ketones is 2. The Balaban J connectivity index is 1.29. The zero-order valence-electron chi connectivity index (χ0n) is 24.7. The number of hydrogen-bond acceptors (Lipinski definition) is 13. The number of carboxylic acid groups (broad SMARTS) is 1. The summed E-state index contributed by atoms with van der Waals surface area (Å²) in [7, 11) is 2.87. The van der Waals surface area contributed by atoms with E-state index >= 15 is 0 Å². The van der Waals surface area contributed by atoms with Gasteiger partial charge in [-0.05, 0) is 13.0 Å². The maximum absolute atomic E-state index is 13.8. The van der Waals surface area contributed by atoms with Crippen LogP contribution >= 0.6 is 0 Å². The number of morpholine rings is 1. The third-order valence-electron chi connectivity index (χ3n) is 9.58. The molecule has 4 N–H and O–H groups in total. The lowest BCUT2D eigenvalue weighted by atomic mass is 9.73. The van der Waals surface area contributed by atoms with Gasteiger partial charge in [-0.2, -0.15) is 0 Å². The van der Waals surface area contributed by atoms with Gasteiger partial charge in [-0.3, -0.25) is 14.5 Å². The fourth-order valence-corrected chi connectivity index (χ4v) is 7.49. The summed E-state index contributed by atoms with van der Waals surface area (Å²) in [5.41, 5.74) is -3.79. The van der Waals surface area contributed by atoms with Crippen LogP contribution in [0.5, 0.6) is 17.2 Å². The number of hydrogen-bond donors (Lipinski definition) is 4. The van der Waals surface area contributed by atoms with Gasteiger partial charge < -0.3 is 48.8 Å². The number of aliphatic carboxylic acids is 1. The highest BCUT2D eigenvalue weighted by Gasteiger charge is 2.55. The first-order chi connectivity index (χ1) is 21.5. The molecule has 8 atom stereocenters. The Kier molecular flexibility index (Phi) is 7.16. The molecular weight excluding hydrogens is 594 g/mol. The molecule has 0 amide bonds. The normalized spacial score (nSPS) is 33.9. The first kappa shape index (κ1) is 30.0. The molecule has 240 valence electrons. The third-order valence-corrected chi connectivity index (χ3v) is 9.58. The summed E-state index contributed by atoms with van der Waals surface area (Å²) < 4.78 is 35.2. The van der Waals surface area contributed by atoms with E-state index in [9.17, 15) is 34.8 Å². The Morgan fingerprint density at radius 1 is 1.07 bits per heavy atom. The van der Waals surface area contributed by atoms with Gasteiger partial charge in [0.05, 0.1) is 42.6 Å². The minimum atomic E-state index is -2.43. The first-order valence-corrected chi connectivity index (χ1v) is 14.7. The van der Waals surface area contributed by atoms with E-state index < -0.39 is 89.6 Å². The van der Waals surface area contributed by atoms with E-state index in [4.69, 9.17) is 28.4 Å². The molecule has 0 unspecified atom stereocenters. The van der Waals surface area contributed by atoms with Gasteiger partial charge in [-0.25, -0.2) is 4.79 Å². The van der Waals surface area contributed by atoms with E-state index in [1.807, 2.05) is 6.92 Å². The van der Waals surface area contributed by atoms with Crippen LogP contribution in [-0.2, 0) is 34.9 Å². The Hall–Kier alpha value is -3.63. The number of carboxylic acids is 1. The number of phenolic OH excluding ortho intramolecular Hbond substituents is 2. The molecule has 3 saturated heterocycles. The van der Waals surface area contributed by atoms with Crippen molar-refractivity contribution in [1.29, 1.82) is 0 Å². The number of nitrogens with zero attached hydrogens (tertiary/aromatic N) is 1. The molecule has 14 heteroatoms. The van der Waals surface area contributed by atoms with E-state index in [0.717, 1.165) is 0 Å². The number of rotatable bonds is 5. The molecular formula is C31H33NO13. The first-order valence-electron chi connectivity index (χ1n) is 14.7. The number of phenols is 2. The van der Waals surface area contributed by atoms with Crippen molar-refractivity contribution in [2.24, 2.45) is 0 Å². The van der Waals surface area contributed by atoms with E-state index in [1.165, 1.54) is 32.4 Å². The Morgan fingerprint density at radius 3 is 2.53 bits per heavy atom. The van der Waals surface area contributed by atoms with Gasteiger partial charge in [0.1, 0.15) is 23.4 Å². The van der Waals surface area contributed by atoms with Crippen LogP contribution in [-0.4, -0.2) is 113 Å². The molecule has 45 heavy (non-hydrogen) atoms. The number of carbonyl (C=O) groups excluding carboxylic acids is 2. The molecule has 3 fully saturated rings. The quantitative estimate of drug-likeness (QED) is 0.295. The van der Waals surface area contributed by atoms with E-state index in [0.29, 0.717) is 13.2 Å². The maximum atomic E-state index is 13.8. The molecule has 2 aromatic rings. The molecule has 7 rings (SSSR count). The van der Waals surface area contributed by atoms with Crippen LogP contribution in [0.4, 0.5) is 0 Å². The monoisotopic (exact) mass is 627 g/mol. The topological polar surface area (TPSA) is 191 Å². The average molecular weight is 628 g/mol. The number of carbonyl (C=O) groups is 3. The molecule has 14 nitrogen and oxygen atoms in total. The van der Waals surface area contributed by atoms with Crippen molar-refractivity contribution in [3.8, 4) is 17.2 Å². The largest absolute Gasteiger partial charge is 0.507 e. The van der Waals surface area contributed by atoms with Crippen molar-refractivity contribution in [3.63, 3.8) is 0 Å². The number of aliphatic hydroxyl groups is 1. The second kappa shape index (κ2) is 10.7. The molecule has 3 aliphatic heterocycles. The molecule has 0 radical (unpaired) electrons. The van der Waals surface area contributed by atoms with Gasteiger partial charge >= 0.3 is 5.97 Å². The van der Waals surface area contributed by atoms with E-state index in [2.05, 4.69) is 4.90 Å². The molecule has 5 aliphatic rings. The van der Waals surface area contributed by atoms with Crippen molar-refractivity contribution in [2.75, 3.05) is 27.4 Å². The maximum Gasteiger partial charge on any atom is 0.336 e. The smallest absolute Gasteiger partial charge is 0.336 e. The van der Waals surface area contributed by atoms with Gasteiger partial charge in [0.25, 0.3) is 0 Å². The lowest BCUT2D eigenvalue weighted by molar-refractivity contribution is -0.256. The Labute approximate surface area is 256 Å². The van der Waals surface area contributed by atoms with Crippen LogP contribution in [0.25, 0.3) is 0 Å². The summed E-state index contributed by atoms with van der Waals surface area (Å²) in [6.07, 6.45) is -5.10. The highest BCUT2D eigenvalue weighted by molar-refractivity contribution is 6.31. The second-order valence-electron chi connectivity index (χ2n) is 12.0. The number of ether oxygens (including phenoxy) is 6. The number of benzene rings is 2. The molecule has 2 aromatic carbocycles. The van der Waals surface area contributed by atoms with Gasteiger partial charge in [0, 0.05) is 55.6 Å². The fraction of sp³-hybridized carbons (Fsp3) is 0.516. The third kappa shape index (κ3) is 4.39. The predicted molar refractivity (Wildman–Crippen MR) is 149 cm³/mol. The van der Waals surface area contributed by atoms with Gasteiger partial charge in [0.2, 0.25) is 5.78 Å². The molecule has 0 spiro atoms. The summed E-state index contributed by atoms with van der Waals surface area (Å²) >= 11 is 0. The highest BCUT2D eigenvalue weighted by Crippen LogP contribution is 2.53. The van der Waals surface area contributed by atoms with Crippen LogP contribution < -0.4 is 4.74 Å². The van der Waals surface area contributed by atoms with Crippen LogP contribution in [0.3, 0.4) is 0 Å². The lowest BCUT2D eigenvalue weighted by Gasteiger charge is -2.43. The molecule has 0 aromatic heterocycles. The molecule has 0 bridgehead atoms. The van der Waals surface area contributed by atoms with Crippen LogP contribution in [0, 0.1) is 0 Å². The Bertz CT molecular complexity index is 1610. The fourth-order valence-electron chi connectivity index (χ4n) is 7.49. The SMILES string of the molecule is COc1cccc2c1C(=O)c1c(O)c3c(c(O)c1C2=O)C[C@@](O)(C(=O)O)C[C@@H]3O[C@H]1C[C@H]2[C@H](O[C@@H]3[C@@H](OC)OCCN32)[C@H](C)O1. The minimum absolute atomic E-state index is 0.0475. The summed E-state index contributed by atoms with van der Waals surface area (Å²) in [6, 6.07) is 4.22. The molecule has 0 saturated carbocycles. The summed E-state index contributed by atoms with van der Waals surface area (Å²) in [4.78, 5) is 41.9. The molecule has 2 aliphatic carbocycles. The minimum Gasteiger partial charge on any atom is -0.507 e. The van der Waals surface area contributed by atoms with Crippen LogP contribution in [0.2, 0.25) is 0 Å². The number of aromatic hydroxyl groups is 2. The van der Waals surface area contributed by atoms with Gasteiger partial charge in [0.15, 0.2) is 30.2 Å². The zero-order valence-corrected chi connectivity index (χ0v) is 24.7. The number of fused-ring (bicyclic) bond motifs is 6. The van der Waals surface area contributed by atoms with Gasteiger partial charge in [-0.1, -0.05) is 12.1 Å². The molecule has 3 heterocycles. The summed E-state index contributed by atoms with van der Waals surface area (Å²) in [6.45, 7) is 2.80. The van der Waals surface area contributed by atoms with Crippen LogP contribution in [0.1, 0.15) is 68.8 Å². The summed E-state index contributed by atoms with van der Waals surface area (Å²) in [5, 5.41) is 44.4. The standard InChI is InChI=1S/C31H33NO13/c1-12-27-15(32-7-8-42-29(41-3)28(32)45-27)9-18(43-12)44-17-11-31(39,30(37)38)10-14-20(17)26(36)22-21(24(14)34)23(33)13-5-4-6-16(40-2)19(13)25(22)35/h4-6,12,15,17-18,27-29,34,36,39H,7-11H2,1-3H3,(H,37,38)/t12-,15-,17-,18-,27+,28+,29-,31-/m0/s1.